The van der Waals surface area contributed by atoms with Gasteiger partial charge in [-0.1, -0.05) is 12.1 Å². The standard InChI is InChI=1S/C10H10O2/c1-7-3-2-4-8-9(11)5-6-12-10(7)8/h2-5,11H,6H2,1H3. The predicted octanol–water partition coefficient (Wildman–Crippen LogP) is 2.29. The predicted molar refractivity (Wildman–Crippen MR) is 47.3 cm³/mol. The van der Waals surface area contributed by atoms with Gasteiger partial charge in [0, 0.05) is 0 Å². The second kappa shape index (κ2) is 2.55. The van der Waals surface area contributed by atoms with Crippen molar-refractivity contribution in [3.05, 3.63) is 35.4 Å². The molecule has 0 aliphatic carbocycles. The molecule has 2 nitrogen and oxygen atoms in total. The summed E-state index contributed by atoms with van der Waals surface area (Å²) >= 11 is 0. The Morgan fingerprint density at radius 2 is 2.25 bits per heavy atom. The summed E-state index contributed by atoms with van der Waals surface area (Å²) in [6, 6.07) is 5.73. The highest BCUT2D eigenvalue weighted by Crippen LogP contribution is 2.30. The zero-order valence-corrected chi connectivity index (χ0v) is 6.87. The van der Waals surface area contributed by atoms with E-state index in [1.54, 1.807) is 6.08 Å². The molecule has 12 heavy (non-hydrogen) atoms. The monoisotopic (exact) mass is 162 g/mol. The maximum absolute atomic E-state index is 9.47. The van der Waals surface area contributed by atoms with Crippen molar-refractivity contribution in [1.82, 2.24) is 0 Å². The van der Waals surface area contributed by atoms with Gasteiger partial charge >= 0.3 is 0 Å². The van der Waals surface area contributed by atoms with E-state index < -0.39 is 0 Å². The average molecular weight is 162 g/mol. The molecule has 1 aliphatic heterocycles. The molecule has 0 saturated carbocycles. The minimum Gasteiger partial charge on any atom is -0.507 e. The van der Waals surface area contributed by atoms with Crippen LogP contribution in [-0.4, -0.2) is 11.7 Å². The molecule has 0 fully saturated rings. The number of aryl methyl sites for hydroxylation is 1. The van der Waals surface area contributed by atoms with Crippen molar-refractivity contribution >= 4 is 5.76 Å². The Bertz CT molecular complexity index is 340. The summed E-state index contributed by atoms with van der Waals surface area (Å²) in [4.78, 5) is 0. The lowest BCUT2D eigenvalue weighted by atomic mass is 10.1. The van der Waals surface area contributed by atoms with Crippen molar-refractivity contribution in [2.75, 3.05) is 6.61 Å². The van der Waals surface area contributed by atoms with Crippen molar-refractivity contribution in [1.29, 1.82) is 0 Å². The molecule has 1 aromatic carbocycles. The molecule has 1 heterocycles. The van der Waals surface area contributed by atoms with E-state index in [1.807, 2.05) is 25.1 Å². The van der Waals surface area contributed by atoms with Crippen LogP contribution in [0.15, 0.2) is 24.3 Å². The van der Waals surface area contributed by atoms with E-state index in [0.29, 0.717) is 12.4 Å². The van der Waals surface area contributed by atoms with E-state index in [0.717, 1.165) is 16.9 Å². The van der Waals surface area contributed by atoms with Gasteiger partial charge in [-0.2, -0.15) is 0 Å². The summed E-state index contributed by atoms with van der Waals surface area (Å²) in [7, 11) is 0. The maximum Gasteiger partial charge on any atom is 0.133 e. The minimum absolute atomic E-state index is 0.319. The van der Waals surface area contributed by atoms with Crippen molar-refractivity contribution in [2.45, 2.75) is 6.92 Å². The first-order valence-electron chi connectivity index (χ1n) is 3.91. The number of hydrogen-bond donors (Lipinski definition) is 1. The van der Waals surface area contributed by atoms with Gasteiger partial charge in [0.25, 0.3) is 0 Å². The molecule has 0 bridgehead atoms. The van der Waals surface area contributed by atoms with Gasteiger partial charge < -0.3 is 9.84 Å². The molecule has 62 valence electrons. The first-order valence-corrected chi connectivity index (χ1v) is 3.91. The Hall–Kier alpha value is -1.44. The minimum atomic E-state index is 0.319. The van der Waals surface area contributed by atoms with Crippen LogP contribution in [0.1, 0.15) is 11.1 Å². The molecule has 0 atom stereocenters. The van der Waals surface area contributed by atoms with Crippen molar-refractivity contribution < 1.29 is 9.84 Å². The molecule has 0 aromatic heterocycles. The molecule has 1 N–H and O–H groups in total. The Morgan fingerprint density at radius 1 is 1.42 bits per heavy atom. The topological polar surface area (TPSA) is 29.5 Å². The van der Waals surface area contributed by atoms with Crippen molar-refractivity contribution in [3.8, 4) is 5.75 Å². The summed E-state index contributed by atoms with van der Waals surface area (Å²) < 4.78 is 5.39. The van der Waals surface area contributed by atoms with Crippen LogP contribution in [0, 0.1) is 6.92 Å². The van der Waals surface area contributed by atoms with E-state index in [-0.39, 0.29) is 0 Å². The zero-order valence-electron chi connectivity index (χ0n) is 6.87. The lowest BCUT2D eigenvalue weighted by Gasteiger charge is -2.16. The summed E-state index contributed by atoms with van der Waals surface area (Å²) in [6.45, 7) is 2.43. The number of ether oxygens (including phenoxy) is 1. The molecule has 0 spiro atoms. The van der Waals surface area contributed by atoms with Crippen molar-refractivity contribution in [2.24, 2.45) is 0 Å². The molecule has 1 aliphatic rings. The number of benzene rings is 1. The fourth-order valence-electron chi connectivity index (χ4n) is 1.36. The molecule has 0 radical (unpaired) electrons. The molecule has 1 aromatic rings. The van der Waals surface area contributed by atoms with E-state index in [2.05, 4.69) is 0 Å². The van der Waals surface area contributed by atoms with E-state index in [1.165, 1.54) is 0 Å². The van der Waals surface area contributed by atoms with Crippen LogP contribution in [0.3, 0.4) is 0 Å². The number of aliphatic hydroxyl groups is 1. The average Bonchev–Trinajstić information content (AvgIpc) is 2.07. The number of aliphatic hydroxyl groups excluding tert-OH is 1. The Labute approximate surface area is 71.1 Å². The highest BCUT2D eigenvalue weighted by molar-refractivity contribution is 5.67. The first-order chi connectivity index (χ1) is 5.79. The van der Waals surface area contributed by atoms with Crippen LogP contribution in [0.2, 0.25) is 0 Å². The normalized spacial score (nSPS) is 14.6. The van der Waals surface area contributed by atoms with Crippen LogP contribution in [-0.2, 0) is 0 Å². The Balaban J connectivity index is 2.62. The number of para-hydroxylation sites is 1. The summed E-state index contributed by atoms with van der Waals surface area (Å²) in [5.41, 5.74) is 1.86. The smallest absolute Gasteiger partial charge is 0.133 e. The van der Waals surface area contributed by atoms with E-state index in [9.17, 15) is 5.11 Å². The molecular formula is C10H10O2. The van der Waals surface area contributed by atoms with E-state index in [4.69, 9.17) is 4.74 Å². The third-order valence-electron chi connectivity index (χ3n) is 1.99. The molecule has 0 amide bonds. The number of rotatable bonds is 0. The van der Waals surface area contributed by atoms with Crippen LogP contribution in [0.25, 0.3) is 5.76 Å². The van der Waals surface area contributed by atoms with Gasteiger partial charge in [0.2, 0.25) is 0 Å². The quantitative estimate of drug-likeness (QED) is 0.634. The molecular weight excluding hydrogens is 152 g/mol. The lowest BCUT2D eigenvalue weighted by molar-refractivity contribution is 0.343. The van der Waals surface area contributed by atoms with Gasteiger partial charge in [-0.3, -0.25) is 0 Å². The van der Waals surface area contributed by atoms with Gasteiger partial charge in [-0.15, -0.1) is 0 Å². The third-order valence-corrected chi connectivity index (χ3v) is 1.99. The summed E-state index contributed by atoms with van der Waals surface area (Å²) in [6.07, 6.45) is 1.67. The SMILES string of the molecule is Cc1cccc2c1OCC=C2O. The highest BCUT2D eigenvalue weighted by Gasteiger charge is 2.13. The van der Waals surface area contributed by atoms with Gasteiger partial charge in [0.15, 0.2) is 0 Å². The largest absolute Gasteiger partial charge is 0.507 e. The van der Waals surface area contributed by atoms with Crippen LogP contribution in [0.5, 0.6) is 5.75 Å². The van der Waals surface area contributed by atoms with Crippen LogP contribution < -0.4 is 4.74 Å². The molecule has 0 saturated heterocycles. The van der Waals surface area contributed by atoms with Gasteiger partial charge in [0.05, 0.1) is 5.56 Å². The molecule has 0 unspecified atom stereocenters. The third kappa shape index (κ3) is 0.961. The Morgan fingerprint density at radius 3 is 3.00 bits per heavy atom. The molecule has 2 heteroatoms. The second-order valence-electron chi connectivity index (χ2n) is 2.85. The van der Waals surface area contributed by atoms with E-state index >= 15 is 0 Å². The fraction of sp³-hybridized carbons (Fsp3) is 0.200. The van der Waals surface area contributed by atoms with Crippen LogP contribution >= 0.6 is 0 Å². The first kappa shape index (κ1) is 7.22. The van der Waals surface area contributed by atoms with Gasteiger partial charge in [0.1, 0.15) is 18.1 Å². The zero-order chi connectivity index (χ0) is 8.55. The van der Waals surface area contributed by atoms with Gasteiger partial charge in [-0.25, -0.2) is 0 Å². The molecule has 2 rings (SSSR count). The Kier molecular flexibility index (Phi) is 1.54. The number of hydrogen-bond acceptors (Lipinski definition) is 2. The summed E-state index contributed by atoms with van der Waals surface area (Å²) in [5, 5.41) is 9.47. The van der Waals surface area contributed by atoms with Gasteiger partial charge in [-0.05, 0) is 24.6 Å². The lowest BCUT2D eigenvalue weighted by Crippen LogP contribution is -2.05. The number of fused-ring (bicyclic) bond motifs is 1. The summed E-state index contributed by atoms with van der Waals surface area (Å²) in [5.74, 6) is 1.12. The second-order valence-corrected chi connectivity index (χ2v) is 2.85. The maximum atomic E-state index is 9.47. The highest BCUT2D eigenvalue weighted by atomic mass is 16.5. The fourth-order valence-corrected chi connectivity index (χ4v) is 1.36. The van der Waals surface area contributed by atoms with Crippen LogP contribution in [0.4, 0.5) is 0 Å². The van der Waals surface area contributed by atoms with Crippen molar-refractivity contribution in [3.63, 3.8) is 0 Å².